The fourth-order valence-electron chi connectivity index (χ4n) is 2.68. The molecule has 1 N–H and O–H groups in total. The van der Waals surface area contributed by atoms with Gasteiger partial charge in [-0.3, -0.25) is 14.6 Å². The van der Waals surface area contributed by atoms with Gasteiger partial charge in [-0.2, -0.15) is 10.2 Å². The summed E-state index contributed by atoms with van der Waals surface area (Å²) in [4.78, 5) is 19.6. The predicted octanol–water partition coefficient (Wildman–Crippen LogP) is 1.28. The Balaban J connectivity index is 1.67. The molecule has 1 aliphatic heterocycles. The monoisotopic (exact) mass is 306 g/mol. The van der Waals surface area contributed by atoms with Crippen LogP contribution < -0.4 is 0 Å². The molecule has 0 radical (unpaired) electrons. The standard InChI is InChI=1S/C13H18N6OS/c1-18-7-10(21-2)11(17-18)13(20)19-5-3-9(4-6-19)12-14-8-15-16-12/h7-9H,3-6H2,1-2H3,(H,14,15,16). The second-order valence-electron chi connectivity index (χ2n) is 5.16. The van der Waals surface area contributed by atoms with Gasteiger partial charge >= 0.3 is 0 Å². The van der Waals surface area contributed by atoms with Gasteiger partial charge in [-0.05, 0) is 19.1 Å². The zero-order valence-electron chi connectivity index (χ0n) is 12.1. The van der Waals surface area contributed by atoms with E-state index in [0.717, 1.165) is 36.7 Å². The lowest BCUT2D eigenvalue weighted by molar-refractivity contribution is 0.0701. The van der Waals surface area contributed by atoms with Crippen molar-refractivity contribution in [3.05, 3.63) is 24.0 Å². The molecule has 0 atom stereocenters. The van der Waals surface area contributed by atoms with E-state index in [0.29, 0.717) is 11.6 Å². The molecule has 8 heteroatoms. The SMILES string of the molecule is CSc1cn(C)nc1C(=O)N1CCC(c2ncn[nH]2)CC1. The second-order valence-corrected chi connectivity index (χ2v) is 6.01. The minimum atomic E-state index is 0.0240. The summed E-state index contributed by atoms with van der Waals surface area (Å²) in [6, 6.07) is 0. The highest BCUT2D eigenvalue weighted by atomic mass is 32.2. The first-order valence-corrected chi connectivity index (χ1v) is 8.13. The van der Waals surface area contributed by atoms with Gasteiger partial charge in [-0.15, -0.1) is 11.8 Å². The van der Waals surface area contributed by atoms with Crippen LogP contribution in [0, 0.1) is 0 Å². The molecular weight excluding hydrogens is 288 g/mol. The Labute approximate surface area is 127 Å². The van der Waals surface area contributed by atoms with Crippen molar-refractivity contribution < 1.29 is 4.79 Å². The number of aromatic nitrogens is 5. The topological polar surface area (TPSA) is 79.7 Å². The van der Waals surface area contributed by atoms with E-state index < -0.39 is 0 Å². The average molecular weight is 306 g/mol. The Bertz CT molecular complexity index is 615. The van der Waals surface area contributed by atoms with Gasteiger partial charge in [0, 0.05) is 32.3 Å². The van der Waals surface area contributed by atoms with Crippen molar-refractivity contribution in [2.45, 2.75) is 23.7 Å². The first-order chi connectivity index (χ1) is 10.2. The number of hydrogen-bond acceptors (Lipinski definition) is 5. The first-order valence-electron chi connectivity index (χ1n) is 6.91. The molecule has 0 aromatic carbocycles. The van der Waals surface area contributed by atoms with E-state index in [4.69, 9.17) is 0 Å². The Morgan fingerprint density at radius 2 is 2.19 bits per heavy atom. The van der Waals surface area contributed by atoms with Gasteiger partial charge in [0.2, 0.25) is 0 Å². The molecule has 2 aromatic heterocycles. The Hall–Kier alpha value is -1.83. The molecule has 1 fully saturated rings. The van der Waals surface area contributed by atoms with E-state index in [2.05, 4.69) is 20.3 Å². The van der Waals surface area contributed by atoms with Crippen LogP contribution >= 0.6 is 11.8 Å². The van der Waals surface area contributed by atoms with Gasteiger partial charge in [-0.1, -0.05) is 0 Å². The van der Waals surface area contributed by atoms with Crippen molar-refractivity contribution in [1.82, 2.24) is 29.9 Å². The van der Waals surface area contributed by atoms with Crippen molar-refractivity contribution in [1.29, 1.82) is 0 Å². The van der Waals surface area contributed by atoms with Crippen LogP contribution in [0.25, 0.3) is 0 Å². The van der Waals surface area contributed by atoms with Crippen LogP contribution in [0.2, 0.25) is 0 Å². The summed E-state index contributed by atoms with van der Waals surface area (Å²) < 4.78 is 1.69. The minimum absolute atomic E-state index is 0.0240. The second kappa shape index (κ2) is 5.88. The van der Waals surface area contributed by atoms with E-state index >= 15 is 0 Å². The number of aromatic amines is 1. The summed E-state index contributed by atoms with van der Waals surface area (Å²) in [5.74, 6) is 1.31. The number of likely N-dealkylation sites (tertiary alicyclic amines) is 1. The summed E-state index contributed by atoms with van der Waals surface area (Å²) in [7, 11) is 1.84. The van der Waals surface area contributed by atoms with Crippen molar-refractivity contribution in [2.75, 3.05) is 19.3 Å². The van der Waals surface area contributed by atoms with E-state index in [1.807, 2.05) is 24.4 Å². The summed E-state index contributed by atoms with van der Waals surface area (Å²) in [5, 5.41) is 11.1. The Kier molecular flexibility index (Phi) is 3.96. The number of rotatable bonds is 3. The van der Waals surface area contributed by atoms with Gasteiger partial charge in [-0.25, -0.2) is 4.98 Å². The molecule has 112 valence electrons. The summed E-state index contributed by atoms with van der Waals surface area (Å²) in [5.41, 5.74) is 0.558. The third-order valence-corrected chi connectivity index (χ3v) is 4.56. The molecule has 1 amide bonds. The third kappa shape index (κ3) is 2.80. The van der Waals surface area contributed by atoms with Gasteiger partial charge in [0.05, 0.1) is 4.90 Å². The smallest absolute Gasteiger partial charge is 0.275 e. The minimum Gasteiger partial charge on any atom is -0.337 e. The van der Waals surface area contributed by atoms with Crippen molar-refractivity contribution in [3.63, 3.8) is 0 Å². The number of carbonyl (C=O) groups excluding carboxylic acids is 1. The highest BCUT2D eigenvalue weighted by molar-refractivity contribution is 7.98. The molecule has 0 bridgehead atoms. The number of nitrogens with zero attached hydrogens (tertiary/aromatic N) is 5. The number of nitrogens with one attached hydrogen (secondary N) is 1. The molecule has 0 saturated carbocycles. The highest BCUT2D eigenvalue weighted by Crippen LogP contribution is 2.27. The van der Waals surface area contributed by atoms with Crippen molar-refractivity contribution in [3.8, 4) is 0 Å². The third-order valence-electron chi connectivity index (χ3n) is 3.82. The Morgan fingerprint density at radius 3 is 2.81 bits per heavy atom. The number of amides is 1. The average Bonchev–Trinajstić information content (AvgIpc) is 3.16. The van der Waals surface area contributed by atoms with Crippen LogP contribution in [-0.2, 0) is 7.05 Å². The predicted molar refractivity (Wildman–Crippen MR) is 79.3 cm³/mol. The molecule has 0 spiro atoms. The Morgan fingerprint density at radius 1 is 1.43 bits per heavy atom. The fraction of sp³-hybridized carbons (Fsp3) is 0.538. The normalized spacial score (nSPS) is 16.4. The lowest BCUT2D eigenvalue weighted by atomic mass is 9.96. The molecule has 21 heavy (non-hydrogen) atoms. The molecule has 0 aliphatic carbocycles. The van der Waals surface area contributed by atoms with Gasteiger partial charge in [0.1, 0.15) is 12.2 Å². The van der Waals surface area contributed by atoms with Crippen LogP contribution in [0.4, 0.5) is 0 Å². The highest BCUT2D eigenvalue weighted by Gasteiger charge is 2.28. The van der Waals surface area contributed by atoms with Crippen LogP contribution in [-0.4, -0.2) is 55.1 Å². The molecule has 7 nitrogen and oxygen atoms in total. The maximum atomic E-state index is 12.6. The maximum absolute atomic E-state index is 12.6. The zero-order chi connectivity index (χ0) is 14.8. The fourth-order valence-corrected chi connectivity index (χ4v) is 3.26. The number of carbonyl (C=O) groups is 1. The number of H-pyrrole nitrogens is 1. The molecule has 2 aromatic rings. The number of piperidine rings is 1. The van der Waals surface area contributed by atoms with Crippen LogP contribution in [0.1, 0.15) is 35.1 Å². The molecule has 1 saturated heterocycles. The number of thioether (sulfide) groups is 1. The van der Waals surface area contributed by atoms with E-state index in [-0.39, 0.29) is 5.91 Å². The van der Waals surface area contributed by atoms with Crippen molar-refractivity contribution >= 4 is 17.7 Å². The first kappa shape index (κ1) is 14.1. The molecule has 3 rings (SSSR count). The lowest BCUT2D eigenvalue weighted by Crippen LogP contribution is -2.38. The van der Waals surface area contributed by atoms with E-state index in [1.165, 1.54) is 6.33 Å². The molecular formula is C13H18N6OS. The van der Waals surface area contributed by atoms with Crippen LogP contribution in [0.3, 0.4) is 0 Å². The van der Waals surface area contributed by atoms with Crippen LogP contribution in [0.5, 0.6) is 0 Å². The largest absolute Gasteiger partial charge is 0.337 e. The van der Waals surface area contributed by atoms with E-state index in [9.17, 15) is 4.79 Å². The van der Waals surface area contributed by atoms with Gasteiger partial charge in [0.25, 0.3) is 5.91 Å². The number of aryl methyl sites for hydroxylation is 1. The summed E-state index contributed by atoms with van der Waals surface area (Å²) in [6.07, 6.45) is 7.19. The summed E-state index contributed by atoms with van der Waals surface area (Å²) >= 11 is 1.55. The molecule has 0 unspecified atom stereocenters. The van der Waals surface area contributed by atoms with E-state index in [1.54, 1.807) is 16.4 Å². The molecule has 1 aliphatic rings. The van der Waals surface area contributed by atoms with Gasteiger partial charge in [0.15, 0.2) is 5.69 Å². The lowest BCUT2D eigenvalue weighted by Gasteiger charge is -2.30. The maximum Gasteiger partial charge on any atom is 0.275 e. The molecule has 3 heterocycles. The van der Waals surface area contributed by atoms with Crippen molar-refractivity contribution in [2.24, 2.45) is 7.05 Å². The van der Waals surface area contributed by atoms with Crippen LogP contribution in [0.15, 0.2) is 17.4 Å². The zero-order valence-corrected chi connectivity index (χ0v) is 12.9. The number of hydrogen-bond donors (Lipinski definition) is 1. The summed E-state index contributed by atoms with van der Waals surface area (Å²) in [6.45, 7) is 1.46. The van der Waals surface area contributed by atoms with Gasteiger partial charge < -0.3 is 4.90 Å². The quantitative estimate of drug-likeness (QED) is 0.864.